The molecule has 0 radical (unpaired) electrons. The Bertz CT molecular complexity index is 484. The summed E-state index contributed by atoms with van der Waals surface area (Å²) in [5, 5.41) is 22.8. The van der Waals surface area contributed by atoms with Gasteiger partial charge in [0, 0.05) is 19.1 Å². The second-order valence-electron chi connectivity index (χ2n) is 5.60. The van der Waals surface area contributed by atoms with Crippen molar-refractivity contribution in [3.05, 3.63) is 23.8 Å². The Labute approximate surface area is 125 Å². The van der Waals surface area contributed by atoms with E-state index >= 15 is 0 Å². The molecular weight excluding hydrogens is 268 g/mol. The number of carbonyl (C=O) groups excluding carboxylic acids is 1. The summed E-state index contributed by atoms with van der Waals surface area (Å²) in [4.78, 5) is 14.4. The van der Waals surface area contributed by atoms with Crippen molar-refractivity contribution in [1.82, 2.24) is 10.2 Å². The number of aromatic hydroxyl groups is 2. The van der Waals surface area contributed by atoms with Crippen LogP contribution in [-0.2, 0) is 0 Å². The molecule has 116 valence electrons. The summed E-state index contributed by atoms with van der Waals surface area (Å²) < 4.78 is 0. The van der Waals surface area contributed by atoms with Crippen LogP contribution in [0.2, 0.25) is 0 Å². The molecule has 1 aromatic rings. The number of nitrogens with one attached hydrogen (secondary N) is 1. The average molecular weight is 292 g/mol. The predicted molar refractivity (Wildman–Crippen MR) is 81.6 cm³/mol. The van der Waals surface area contributed by atoms with Gasteiger partial charge in [0.25, 0.3) is 5.91 Å². The number of carbonyl (C=O) groups is 1. The molecule has 0 bridgehead atoms. The Morgan fingerprint density at radius 1 is 1.38 bits per heavy atom. The van der Waals surface area contributed by atoms with Crippen molar-refractivity contribution in [3.8, 4) is 11.5 Å². The minimum absolute atomic E-state index is 0.0108. The molecule has 1 heterocycles. The first-order valence-electron chi connectivity index (χ1n) is 7.66. The number of phenolic OH excluding ortho intramolecular Hbond substituents is 2. The van der Waals surface area contributed by atoms with Crippen LogP contribution in [0, 0.1) is 0 Å². The molecule has 21 heavy (non-hydrogen) atoms. The van der Waals surface area contributed by atoms with Crippen LogP contribution in [0.25, 0.3) is 0 Å². The lowest BCUT2D eigenvalue weighted by molar-refractivity contribution is 0.0728. The highest BCUT2D eigenvalue weighted by Crippen LogP contribution is 2.24. The first kappa shape index (κ1) is 15.6. The zero-order valence-corrected chi connectivity index (χ0v) is 12.5. The molecule has 1 aliphatic rings. The molecule has 1 fully saturated rings. The van der Waals surface area contributed by atoms with Gasteiger partial charge in [-0.15, -0.1) is 0 Å². The summed E-state index contributed by atoms with van der Waals surface area (Å²) in [6, 6.07) is 4.37. The Morgan fingerprint density at radius 3 is 2.86 bits per heavy atom. The topological polar surface area (TPSA) is 72.8 Å². The molecule has 3 N–H and O–H groups in total. The number of hydrogen-bond acceptors (Lipinski definition) is 4. The largest absolute Gasteiger partial charge is 0.508 e. The summed E-state index contributed by atoms with van der Waals surface area (Å²) >= 11 is 0. The van der Waals surface area contributed by atoms with Crippen LogP contribution in [0.4, 0.5) is 0 Å². The van der Waals surface area contributed by atoms with Gasteiger partial charge < -0.3 is 20.4 Å². The lowest BCUT2D eigenvalue weighted by atomic mass is 10.0. The third-order valence-corrected chi connectivity index (χ3v) is 3.84. The maximum Gasteiger partial charge on any atom is 0.257 e. The number of hydrogen-bond donors (Lipinski definition) is 3. The van der Waals surface area contributed by atoms with Gasteiger partial charge in [-0.2, -0.15) is 0 Å². The Hall–Kier alpha value is -1.75. The number of phenols is 2. The molecule has 0 saturated carbocycles. The van der Waals surface area contributed by atoms with E-state index in [4.69, 9.17) is 0 Å². The van der Waals surface area contributed by atoms with Gasteiger partial charge in [0.15, 0.2) is 0 Å². The van der Waals surface area contributed by atoms with Crippen molar-refractivity contribution >= 4 is 5.91 Å². The van der Waals surface area contributed by atoms with E-state index in [0.29, 0.717) is 19.1 Å². The lowest BCUT2D eigenvalue weighted by Gasteiger charge is -2.30. The minimum Gasteiger partial charge on any atom is -0.508 e. The molecule has 5 heteroatoms. The van der Waals surface area contributed by atoms with E-state index in [2.05, 4.69) is 5.32 Å². The van der Waals surface area contributed by atoms with Crippen molar-refractivity contribution in [3.63, 3.8) is 0 Å². The van der Waals surface area contributed by atoms with E-state index < -0.39 is 0 Å². The normalized spacial score (nSPS) is 18.4. The fraction of sp³-hybridized carbons (Fsp3) is 0.562. The Kier molecular flexibility index (Phi) is 5.44. The van der Waals surface area contributed by atoms with Gasteiger partial charge in [0.1, 0.15) is 11.5 Å². The van der Waals surface area contributed by atoms with E-state index in [-0.39, 0.29) is 23.0 Å². The average Bonchev–Trinajstić information content (AvgIpc) is 2.49. The van der Waals surface area contributed by atoms with E-state index in [1.54, 1.807) is 4.90 Å². The first-order chi connectivity index (χ1) is 10.1. The van der Waals surface area contributed by atoms with Crippen LogP contribution in [-0.4, -0.2) is 46.7 Å². The summed E-state index contributed by atoms with van der Waals surface area (Å²) in [5.74, 6) is -0.323. The van der Waals surface area contributed by atoms with Crippen molar-refractivity contribution in [2.75, 3.05) is 19.6 Å². The smallest absolute Gasteiger partial charge is 0.257 e. The number of rotatable bonds is 5. The highest BCUT2D eigenvalue weighted by atomic mass is 16.3. The van der Waals surface area contributed by atoms with Gasteiger partial charge in [-0.05, 0) is 44.0 Å². The van der Waals surface area contributed by atoms with Crippen molar-refractivity contribution in [2.45, 2.75) is 38.6 Å². The molecule has 0 aromatic heterocycles. The second kappa shape index (κ2) is 7.31. The van der Waals surface area contributed by atoms with E-state index in [1.807, 2.05) is 6.92 Å². The van der Waals surface area contributed by atoms with Crippen molar-refractivity contribution in [2.24, 2.45) is 0 Å². The van der Waals surface area contributed by atoms with Crippen molar-refractivity contribution in [1.29, 1.82) is 0 Å². The Balaban J connectivity index is 2.12. The van der Waals surface area contributed by atoms with Crippen LogP contribution in [0.1, 0.15) is 43.0 Å². The third kappa shape index (κ3) is 4.11. The van der Waals surface area contributed by atoms with E-state index in [0.717, 1.165) is 19.4 Å². The first-order valence-corrected chi connectivity index (χ1v) is 7.66. The molecule has 5 nitrogen and oxygen atoms in total. The fourth-order valence-corrected chi connectivity index (χ4v) is 2.76. The molecule has 1 saturated heterocycles. The fourth-order valence-electron chi connectivity index (χ4n) is 2.76. The van der Waals surface area contributed by atoms with E-state index in [1.165, 1.54) is 31.0 Å². The number of piperidine rings is 1. The Morgan fingerprint density at radius 2 is 2.19 bits per heavy atom. The number of benzene rings is 1. The van der Waals surface area contributed by atoms with Crippen LogP contribution in [0.15, 0.2) is 18.2 Å². The van der Waals surface area contributed by atoms with Gasteiger partial charge in [0.2, 0.25) is 0 Å². The van der Waals surface area contributed by atoms with Crippen LogP contribution >= 0.6 is 0 Å². The molecule has 1 unspecified atom stereocenters. The third-order valence-electron chi connectivity index (χ3n) is 3.84. The zero-order chi connectivity index (χ0) is 15.2. The maximum atomic E-state index is 12.6. The molecule has 0 aliphatic carbocycles. The standard InChI is InChI=1S/C16H24N2O3/c1-2-9-18(11-12-5-3-4-8-17-12)16(21)14-10-13(19)6-7-15(14)20/h6-7,10,12,17,19-20H,2-5,8-9,11H2,1H3. The zero-order valence-electron chi connectivity index (χ0n) is 12.5. The van der Waals surface area contributed by atoms with Gasteiger partial charge in [-0.3, -0.25) is 4.79 Å². The summed E-state index contributed by atoms with van der Waals surface area (Å²) in [6.45, 7) is 4.31. The highest BCUT2D eigenvalue weighted by Gasteiger charge is 2.23. The summed E-state index contributed by atoms with van der Waals surface area (Å²) in [6.07, 6.45) is 4.30. The molecule has 1 amide bonds. The molecule has 1 atom stereocenters. The van der Waals surface area contributed by atoms with Gasteiger partial charge in [-0.25, -0.2) is 0 Å². The van der Waals surface area contributed by atoms with Gasteiger partial charge in [-0.1, -0.05) is 13.3 Å². The number of nitrogens with zero attached hydrogens (tertiary/aromatic N) is 1. The molecule has 1 aromatic carbocycles. The molecular formula is C16H24N2O3. The molecule has 1 aliphatic heterocycles. The lowest BCUT2D eigenvalue weighted by Crippen LogP contribution is -2.46. The predicted octanol–water partition coefficient (Wildman–Crippen LogP) is 2.09. The monoisotopic (exact) mass is 292 g/mol. The minimum atomic E-state index is -0.224. The van der Waals surface area contributed by atoms with Gasteiger partial charge in [0.05, 0.1) is 5.56 Å². The maximum absolute atomic E-state index is 12.6. The molecule has 2 rings (SSSR count). The van der Waals surface area contributed by atoms with Crippen molar-refractivity contribution < 1.29 is 15.0 Å². The van der Waals surface area contributed by atoms with Crippen LogP contribution in [0.3, 0.4) is 0 Å². The van der Waals surface area contributed by atoms with Crippen LogP contribution in [0.5, 0.6) is 11.5 Å². The highest BCUT2D eigenvalue weighted by molar-refractivity contribution is 5.97. The van der Waals surface area contributed by atoms with E-state index in [9.17, 15) is 15.0 Å². The molecule has 0 spiro atoms. The van der Waals surface area contributed by atoms with Gasteiger partial charge >= 0.3 is 0 Å². The quantitative estimate of drug-likeness (QED) is 0.727. The summed E-state index contributed by atoms with van der Waals surface area (Å²) in [5.41, 5.74) is 0.166. The second-order valence-corrected chi connectivity index (χ2v) is 5.60. The number of amides is 1. The summed E-state index contributed by atoms with van der Waals surface area (Å²) in [7, 11) is 0. The van der Waals surface area contributed by atoms with Crippen LogP contribution < -0.4 is 5.32 Å². The SMILES string of the molecule is CCCN(CC1CCCCN1)C(=O)c1cc(O)ccc1O.